The normalized spacial score (nSPS) is 11.8. The van der Waals surface area contributed by atoms with E-state index in [1.54, 1.807) is 0 Å². The van der Waals surface area contributed by atoms with Crippen LogP contribution in [-0.2, 0) is 6.42 Å². The van der Waals surface area contributed by atoms with E-state index in [-0.39, 0.29) is 0 Å². The molecule has 0 aliphatic carbocycles. The minimum absolute atomic E-state index is 0.948. The summed E-state index contributed by atoms with van der Waals surface area (Å²) in [6, 6.07) is 46.1. The smallest absolute Gasteiger partial charge is 0.0437 e. The third-order valence-electron chi connectivity index (χ3n) is 8.18. The predicted octanol–water partition coefficient (Wildman–Crippen LogP) is 11.0. The first-order valence-electron chi connectivity index (χ1n) is 15.3. The fourth-order valence-electron chi connectivity index (χ4n) is 6.24. The van der Waals surface area contributed by atoms with E-state index in [0.29, 0.717) is 0 Å². The Balaban J connectivity index is 0.000000810. The lowest BCUT2D eigenvalue weighted by molar-refractivity contribution is 1.01. The van der Waals surface area contributed by atoms with Gasteiger partial charge in [0.25, 0.3) is 0 Å². The molecule has 0 amide bonds. The second kappa shape index (κ2) is 12.9. The summed E-state index contributed by atoms with van der Waals surface area (Å²) in [4.78, 5) is 1.38. The Hall–Kier alpha value is -4.72. The zero-order chi connectivity index (χ0) is 30.6. The van der Waals surface area contributed by atoms with Gasteiger partial charge in [-0.2, -0.15) is 0 Å². The van der Waals surface area contributed by atoms with Crippen molar-refractivity contribution < 1.29 is 0 Å². The molecule has 0 unspecified atom stereocenters. The average Bonchev–Trinajstić information content (AvgIpc) is 3.39. The van der Waals surface area contributed by atoms with Crippen LogP contribution < -0.4 is 10.4 Å². The van der Waals surface area contributed by atoms with Gasteiger partial charge in [0.2, 0.25) is 0 Å². The van der Waals surface area contributed by atoms with E-state index < -0.39 is 0 Å². The van der Waals surface area contributed by atoms with E-state index in [1.165, 1.54) is 75.1 Å². The molecule has 6 aromatic carbocycles. The molecule has 7 aromatic rings. The number of benzene rings is 6. The molecule has 0 spiro atoms. The number of hydrogen-bond donors (Lipinski definition) is 0. The third-order valence-corrected chi connectivity index (χ3v) is 9.53. The van der Waals surface area contributed by atoms with Crippen LogP contribution in [0.5, 0.6) is 0 Å². The van der Waals surface area contributed by atoms with E-state index in [4.69, 9.17) is 0 Å². The van der Waals surface area contributed by atoms with E-state index >= 15 is 0 Å². The molecule has 0 N–H and O–H groups in total. The molecule has 0 saturated carbocycles. The highest BCUT2D eigenvalue weighted by molar-refractivity contribution is 7.23. The van der Waals surface area contributed by atoms with Crippen molar-refractivity contribution in [3.05, 3.63) is 167 Å². The van der Waals surface area contributed by atoms with Crippen molar-refractivity contribution in [3.63, 3.8) is 0 Å². The summed E-state index contributed by atoms with van der Waals surface area (Å²) >= 11 is 1.95. The molecule has 44 heavy (non-hydrogen) atoms. The van der Waals surface area contributed by atoms with Gasteiger partial charge in [0.1, 0.15) is 0 Å². The number of thiophene rings is 1. The van der Waals surface area contributed by atoms with Crippen molar-refractivity contribution in [2.24, 2.45) is 0 Å². The van der Waals surface area contributed by atoms with Crippen molar-refractivity contribution in [1.82, 2.24) is 0 Å². The molecule has 0 aliphatic heterocycles. The Bertz CT molecular complexity index is 2230. The van der Waals surface area contributed by atoms with Crippen LogP contribution in [0.15, 0.2) is 140 Å². The minimum atomic E-state index is 0.948. The van der Waals surface area contributed by atoms with Gasteiger partial charge in [-0.25, -0.2) is 0 Å². The molecule has 0 saturated heterocycles. The van der Waals surface area contributed by atoms with E-state index in [1.807, 2.05) is 25.2 Å². The fourth-order valence-corrected chi connectivity index (χ4v) is 7.67. The monoisotopic (exact) mass is 586 g/mol. The summed E-state index contributed by atoms with van der Waals surface area (Å²) in [5.74, 6) is 0. The van der Waals surface area contributed by atoms with Crippen LogP contribution >= 0.6 is 11.3 Å². The first-order chi connectivity index (χ1) is 21.4. The van der Waals surface area contributed by atoms with Gasteiger partial charge in [-0.3, -0.25) is 0 Å². The second-order valence-electron chi connectivity index (χ2n) is 11.7. The Morgan fingerprint density at radius 3 is 1.89 bits per heavy atom. The Labute approximate surface area is 265 Å². The van der Waals surface area contributed by atoms with Gasteiger partial charge in [-0.1, -0.05) is 140 Å². The highest BCUT2D eigenvalue weighted by Crippen LogP contribution is 2.46. The van der Waals surface area contributed by atoms with Gasteiger partial charge < -0.3 is 0 Å². The lowest BCUT2D eigenvalue weighted by atomic mass is 9.92. The van der Waals surface area contributed by atoms with Gasteiger partial charge in [0, 0.05) is 20.3 Å². The topological polar surface area (TPSA) is 0 Å². The summed E-state index contributed by atoms with van der Waals surface area (Å²) in [6.07, 6.45) is 1.91. The molecule has 1 aromatic heterocycles. The molecule has 0 nitrogen and oxygen atoms in total. The van der Waals surface area contributed by atoms with Crippen molar-refractivity contribution in [3.8, 4) is 10.4 Å². The van der Waals surface area contributed by atoms with Gasteiger partial charge in [0.15, 0.2) is 0 Å². The van der Waals surface area contributed by atoms with Crippen molar-refractivity contribution in [2.75, 3.05) is 0 Å². The molecule has 0 aliphatic rings. The minimum Gasteiger partial charge on any atom is -0.134 e. The molecular formula is C43H38S. The summed E-state index contributed by atoms with van der Waals surface area (Å²) in [6.45, 7) is 14.2. The first-order valence-corrected chi connectivity index (χ1v) is 16.1. The van der Waals surface area contributed by atoms with Gasteiger partial charge in [-0.05, 0) is 88.0 Å². The first kappa shape index (κ1) is 29.4. The van der Waals surface area contributed by atoms with Crippen molar-refractivity contribution in [1.29, 1.82) is 0 Å². The van der Waals surface area contributed by atoms with Crippen LogP contribution in [0.3, 0.4) is 0 Å². The van der Waals surface area contributed by atoms with Gasteiger partial charge in [0.05, 0.1) is 0 Å². The van der Waals surface area contributed by atoms with Crippen LogP contribution in [0.2, 0.25) is 0 Å². The molecule has 0 radical (unpaired) electrons. The number of hydrogen-bond acceptors (Lipinski definition) is 1. The fraction of sp³-hybridized carbons (Fsp3) is 0.116. The molecule has 216 valence electrons. The number of rotatable bonds is 5. The summed E-state index contributed by atoms with van der Waals surface area (Å²) in [5.41, 5.74) is 7.91. The predicted molar refractivity (Wildman–Crippen MR) is 196 cm³/mol. The number of aryl methyl sites for hydroxylation is 2. The lowest BCUT2D eigenvalue weighted by Gasteiger charge is -2.13. The van der Waals surface area contributed by atoms with Crippen LogP contribution in [0, 0.1) is 6.92 Å². The molecular weight excluding hydrogens is 549 g/mol. The zero-order valence-electron chi connectivity index (χ0n) is 25.9. The zero-order valence-corrected chi connectivity index (χ0v) is 26.7. The van der Waals surface area contributed by atoms with E-state index in [0.717, 1.165) is 18.1 Å². The van der Waals surface area contributed by atoms with Crippen LogP contribution in [0.25, 0.3) is 54.2 Å². The third kappa shape index (κ3) is 5.76. The number of allylic oxidation sites excluding steroid dienone is 1. The molecule has 7 rings (SSSR count). The maximum Gasteiger partial charge on any atom is 0.0437 e. The quantitative estimate of drug-likeness (QED) is 0.139. The van der Waals surface area contributed by atoms with E-state index in [2.05, 4.69) is 147 Å². The average molecular weight is 587 g/mol. The highest BCUT2D eigenvalue weighted by Gasteiger charge is 2.18. The van der Waals surface area contributed by atoms with Crippen molar-refractivity contribution >= 4 is 55.1 Å². The summed E-state index contributed by atoms with van der Waals surface area (Å²) in [5, 5.41) is 9.07. The maximum absolute atomic E-state index is 4.35. The van der Waals surface area contributed by atoms with Crippen molar-refractivity contribution in [2.45, 2.75) is 33.6 Å². The molecule has 0 atom stereocenters. The molecule has 1 heterocycles. The molecule has 1 heteroatoms. The van der Waals surface area contributed by atoms with Crippen LogP contribution in [0.4, 0.5) is 0 Å². The largest absolute Gasteiger partial charge is 0.134 e. The van der Waals surface area contributed by atoms with Crippen LogP contribution in [-0.4, -0.2) is 0 Å². The Morgan fingerprint density at radius 2 is 1.18 bits per heavy atom. The summed E-state index contributed by atoms with van der Waals surface area (Å²) < 4.78 is 1.39. The van der Waals surface area contributed by atoms with Crippen LogP contribution in [0.1, 0.15) is 37.0 Å². The van der Waals surface area contributed by atoms with Gasteiger partial charge in [-0.15, -0.1) is 17.9 Å². The molecule has 0 fully saturated rings. The SMILES string of the molecule is C=C(C)C.C=c1cccc/c1=C(/CCc1ccccc1-c1sc2c3ccccc3c3ccccc3c2c1C)c1ccccc1. The summed E-state index contributed by atoms with van der Waals surface area (Å²) in [7, 11) is 0. The van der Waals surface area contributed by atoms with E-state index in [9.17, 15) is 0 Å². The Kier molecular flexibility index (Phi) is 8.59. The number of fused-ring (bicyclic) bond motifs is 6. The maximum atomic E-state index is 4.35. The lowest BCUT2D eigenvalue weighted by Crippen LogP contribution is -2.25. The van der Waals surface area contributed by atoms with Gasteiger partial charge >= 0.3 is 0 Å². The standard InChI is InChI=1S/C39H30S.C4H8/c1-26-14-6-8-18-30(26)31(28-15-4-3-5-16-28)25-24-29-17-7-9-19-32(29)38-27(2)37-35-22-12-10-20-33(35)34-21-11-13-23-36(34)39(37)40-38;1-4(2)3/h3-23H,1,24-25H2,2H3;1H2,2-3H3/b31-30+;. The highest BCUT2D eigenvalue weighted by atomic mass is 32.1. The second-order valence-corrected chi connectivity index (χ2v) is 12.7. The Morgan fingerprint density at radius 1 is 0.636 bits per heavy atom. The molecule has 0 bridgehead atoms.